The SMILES string of the molecule is CNCC(C)C(=O)Nc1nc(C2CC2)cs1. The lowest BCUT2D eigenvalue weighted by Crippen LogP contribution is -2.28. The lowest BCUT2D eigenvalue weighted by molar-refractivity contribution is -0.119. The van der Waals surface area contributed by atoms with E-state index in [1.54, 1.807) is 0 Å². The van der Waals surface area contributed by atoms with Gasteiger partial charge in [0.1, 0.15) is 0 Å². The molecule has 16 heavy (non-hydrogen) atoms. The highest BCUT2D eigenvalue weighted by Gasteiger charge is 2.26. The number of hydrogen-bond donors (Lipinski definition) is 2. The highest BCUT2D eigenvalue weighted by molar-refractivity contribution is 7.13. The van der Waals surface area contributed by atoms with Crippen LogP contribution in [0.3, 0.4) is 0 Å². The molecule has 1 amide bonds. The highest BCUT2D eigenvalue weighted by Crippen LogP contribution is 2.40. The number of hydrogen-bond acceptors (Lipinski definition) is 4. The normalized spacial score (nSPS) is 17.1. The zero-order valence-corrected chi connectivity index (χ0v) is 10.4. The molecule has 1 heterocycles. The number of carbonyl (C=O) groups excluding carboxylic acids is 1. The highest BCUT2D eigenvalue weighted by atomic mass is 32.1. The van der Waals surface area contributed by atoms with Crippen LogP contribution in [0.2, 0.25) is 0 Å². The third-order valence-corrected chi connectivity index (χ3v) is 3.48. The first-order chi connectivity index (χ1) is 7.70. The maximum absolute atomic E-state index is 11.7. The van der Waals surface area contributed by atoms with Gasteiger partial charge in [-0.05, 0) is 19.9 Å². The topological polar surface area (TPSA) is 54.0 Å². The van der Waals surface area contributed by atoms with Gasteiger partial charge in [-0.1, -0.05) is 6.92 Å². The fourth-order valence-corrected chi connectivity index (χ4v) is 2.33. The van der Waals surface area contributed by atoms with Crippen molar-refractivity contribution in [1.29, 1.82) is 0 Å². The number of nitrogens with zero attached hydrogens (tertiary/aromatic N) is 1. The van der Waals surface area contributed by atoms with Gasteiger partial charge in [0.05, 0.1) is 5.69 Å². The van der Waals surface area contributed by atoms with Crippen molar-refractivity contribution in [3.63, 3.8) is 0 Å². The Balaban J connectivity index is 1.89. The largest absolute Gasteiger partial charge is 0.319 e. The average molecular weight is 239 g/mol. The van der Waals surface area contributed by atoms with Crippen LogP contribution in [-0.4, -0.2) is 24.5 Å². The number of carbonyl (C=O) groups is 1. The molecule has 5 heteroatoms. The summed E-state index contributed by atoms with van der Waals surface area (Å²) in [4.78, 5) is 16.1. The Bertz CT molecular complexity index is 373. The lowest BCUT2D eigenvalue weighted by atomic mass is 10.2. The van der Waals surface area contributed by atoms with Crippen molar-refractivity contribution < 1.29 is 4.79 Å². The van der Waals surface area contributed by atoms with Gasteiger partial charge in [-0.25, -0.2) is 4.98 Å². The molecule has 0 spiro atoms. The summed E-state index contributed by atoms with van der Waals surface area (Å²) in [5, 5.41) is 8.63. The van der Waals surface area contributed by atoms with Gasteiger partial charge in [0, 0.05) is 23.8 Å². The van der Waals surface area contributed by atoms with Crippen molar-refractivity contribution in [3.05, 3.63) is 11.1 Å². The van der Waals surface area contributed by atoms with Gasteiger partial charge in [-0.3, -0.25) is 4.79 Å². The zero-order valence-electron chi connectivity index (χ0n) is 9.62. The minimum Gasteiger partial charge on any atom is -0.319 e. The summed E-state index contributed by atoms with van der Waals surface area (Å²) in [6.45, 7) is 2.59. The Morgan fingerprint density at radius 2 is 2.44 bits per heavy atom. The van der Waals surface area contributed by atoms with Crippen LogP contribution in [0.15, 0.2) is 5.38 Å². The molecule has 4 nitrogen and oxygen atoms in total. The van der Waals surface area contributed by atoms with E-state index in [4.69, 9.17) is 0 Å². The smallest absolute Gasteiger partial charge is 0.230 e. The van der Waals surface area contributed by atoms with Crippen LogP contribution in [0, 0.1) is 5.92 Å². The van der Waals surface area contributed by atoms with Gasteiger partial charge in [0.25, 0.3) is 0 Å². The molecule has 2 rings (SSSR count). The summed E-state index contributed by atoms with van der Waals surface area (Å²) in [5.41, 5.74) is 1.14. The van der Waals surface area contributed by atoms with Crippen molar-refractivity contribution in [3.8, 4) is 0 Å². The number of rotatable bonds is 5. The van der Waals surface area contributed by atoms with E-state index in [9.17, 15) is 4.79 Å². The molecule has 1 aliphatic rings. The molecule has 0 aromatic carbocycles. The van der Waals surface area contributed by atoms with Gasteiger partial charge in [0.15, 0.2) is 5.13 Å². The van der Waals surface area contributed by atoms with E-state index in [1.807, 2.05) is 14.0 Å². The van der Waals surface area contributed by atoms with E-state index >= 15 is 0 Å². The van der Waals surface area contributed by atoms with Crippen LogP contribution in [0.5, 0.6) is 0 Å². The molecule has 0 aliphatic heterocycles. The van der Waals surface area contributed by atoms with E-state index in [2.05, 4.69) is 21.0 Å². The minimum absolute atomic E-state index is 0.0294. The van der Waals surface area contributed by atoms with Gasteiger partial charge in [0.2, 0.25) is 5.91 Å². The molecule has 0 radical (unpaired) electrons. The van der Waals surface area contributed by atoms with Crippen LogP contribution >= 0.6 is 11.3 Å². The minimum atomic E-state index is -0.0294. The number of nitrogens with one attached hydrogen (secondary N) is 2. The molecule has 88 valence electrons. The first kappa shape index (κ1) is 11.5. The van der Waals surface area contributed by atoms with Crippen molar-refractivity contribution in [2.75, 3.05) is 18.9 Å². The van der Waals surface area contributed by atoms with Crippen LogP contribution in [0.1, 0.15) is 31.4 Å². The standard InChI is InChI=1S/C11H17N3OS/c1-7(5-12-2)10(15)14-11-13-9(6-16-11)8-3-4-8/h6-8,12H,3-5H2,1-2H3,(H,13,14,15). The van der Waals surface area contributed by atoms with Crippen LogP contribution in [-0.2, 0) is 4.79 Å². The first-order valence-electron chi connectivity index (χ1n) is 5.61. The Morgan fingerprint density at radius 1 is 1.69 bits per heavy atom. The summed E-state index contributed by atoms with van der Waals surface area (Å²) in [5.74, 6) is 0.654. The second-order valence-corrected chi connectivity index (χ2v) is 5.16. The summed E-state index contributed by atoms with van der Waals surface area (Å²) >= 11 is 1.52. The number of anilines is 1. The molecule has 1 unspecified atom stereocenters. The molecule has 1 saturated carbocycles. The second-order valence-electron chi connectivity index (χ2n) is 4.30. The van der Waals surface area contributed by atoms with E-state index in [0.717, 1.165) is 10.8 Å². The van der Waals surface area contributed by atoms with Gasteiger partial charge < -0.3 is 10.6 Å². The van der Waals surface area contributed by atoms with E-state index in [0.29, 0.717) is 12.5 Å². The Hall–Kier alpha value is -0.940. The third kappa shape index (κ3) is 2.80. The number of amides is 1. The zero-order chi connectivity index (χ0) is 11.5. The molecular formula is C11H17N3OS. The summed E-state index contributed by atoms with van der Waals surface area (Å²) in [6.07, 6.45) is 2.49. The summed E-state index contributed by atoms with van der Waals surface area (Å²) in [7, 11) is 1.85. The molecule has 1 aromatic rings. The fourth-order valence-electron chi connectivity index (χ4n) is 1.54. The fraction of sp³-hybridized carbons (Fsp3) is 0.636. The van der Waals surface area contributed by atoms with Gasteiger partial charge in [-0.2, -0.15) is 0 Å². The quantitative estimate of drug-likeness (QED) is 0.824. The molecule has 1 aliphatic carbocycles. The monoisotopic (exact) mass is 239 g/mol. The predicted octanol–water partition coefficient (Wildman–Crippen LogP) is 1.81. The molecule has 1 fully saturated rings. The number of aromatic nitrogens is 1. The molecular weight excluding hydrogens is 222 g/mol. The second kappa shape index (κ2) is 4.93. The Kier molecular flexibility index (Phi) is 3.56. The van der Waals surface area contributed by atoms with Crippen LogP contribution in [0.4, 0.5) is 5.13 Å². The molecule has 2 N–H and O–H groups in total. The molecule has 1 aromatic heterocycles. The average Bonchev–Trinajstić information content (AvgIpc) is 3.01. The van der Waals surface area contributed by atoms with E-state index in [1.165, 1.54) is 24.2 Å². The predicted molar refractivity (Wildman–Crippen MR) is 65.8 cm³/mol. The maximum atomic E-state index is 11.7. The Labute approximate surface area is 99.5 Å². The van der Waals surface area contributed by atoms with E-state index < -0.39 is 0 Å². The van der Waals surface area contributed by atoms with Crippen molar-refractivity contribution in [1.82, 2.24) is 10.3 Å². The summed E-state index contributed by atoms with van der Waals surface area (Å²) < 4.78 is 0. The molecule has 0 bridgehead atoms. The molecule has 0 saturated heterocycles. The van der Waals surface area contributed by atoms with Crippen molar-refractivity contribution >= 4 is 22.4 Å². The Morgan fingerprint density at radius 3 is 3.06 bits per heavy atom. The third-order valence-electron chi connectivity index (χ3n) is 2.71. The number of thiazole rings is 1. The van der Waals surface area contributed by atoms with Crippen LogP contribution < -0.4 is 10.6 Å². The first-order valence-corrected chi connectivity index (χ1v) is 6.49. The van der Waals surface area contributed by atoms with E-state index in [-0.39, 0.29) is 11.8 Å². The molecule has 1 atom stereocenters. The lowest BCUT2D eigenvalue weighted by Gasteiger charge is -2.09. The van der Waals surface area contributed by atoms with Crippen molar-refractivity contribution in [2.24, 2.45) is 5.92 Å². The van der Waals surface area contributed by atoms with Gasteiger partial charge in [-0.15, -0.1) is 11.3 Å². The van der Waals surface area contributed by atoms with Gasteiger partial charge >= 0.3 is 0 Å². The van der Waals surface area contributed by atoms with Crippen molar-refractivity contribution in [2.45, 2.75) is 25.7 Å². The summed E-state index contributed by atoms with van der Waals surface area (Å²) in [6, 6.07) is 0. The maximum Gasteiger partial charge on any atom is 0.230 e. The van der Waals surface area contributed by atoms with Crippen LogP contribution in [0.25, 0.3) is 0 Å².